The van der Waals surface area contributed by atoms with E-state index in [9.17, 15) is 4.79 Å². The Balaban J connectivity index is 2.32. The summed E-state index contributed by atoms with van der Waals surface area (Å²) in [4.78, 5) is 12.9. The molecule has 0 aliphatic heterocycles. The van der Waals surface area contributed by atoms with Crippen molar-refractivity contribution in [3.63, 3.8) is 0 Å². The molecule has 2 N–H and O–H groups in total. The Hall–Kier alpha value is -0.870. The van der Waals surface area contributed by atoms with Gasteiger partial charge >= 0.3 is 0 Å². The molecule has 0 aliphatic carbocycles. The Bertz CT molecular complexity index is 336. The lowest BCUT2D eigenvalue weighted by molar-refractivity contribution is -0.122. The number of hydrogen-bond donors (Lipinski definition) is 2. The molecule has 1 heterocycles. The highest BCUT2D eigenvalue weighted by atomic mass is 32.1. The fraction of sp³-hybridized carbons (Fsp3) is 0.583. The minimum atomic E-state index is -0.131. The highest BCUT2D eigenvalue weighted by molar-refractivity contribution is 7.10. The zero-order chi connectivity index (χ0) is 12.0. The van der Waals surface area contributed by atoms with Crippen LogP contribution in [0.3, 0.4) is 0 Å². The number of carbonyl (C=O) groups excluding carboxylic acids is 1. The first-order valence-corrected chi connectivity index (χ1v) is 6.57. The number of thiophene rings is 1. The van der Waals surface area contributed by atoms with Gasteiger partial charge in [0, 0.05) is 18.0 Å². The van der Waals surface area contributed by atoms with Gasteiger partial charge in [0.2, 0.25) is 5.91 Å². The molecule has 0 saturated carbocycles. The Morgan fingerprint density at radius 2 is 2.31 bits per heavy atom. The molecule has 0 spiro atoms. The van der Waals surface area contributed by atoms with E-state index in [1.54, 1.807) is 11.3 Å². The van der Waals surface area contributed by atoms with E-state index in [2.05, 4.69) is 29.0 Å². The number of aryl methyl sites for hydroxylation is 1. The normalized spacial score (nSPS) is 12.4. The monoisotopic (exact) mass is 240 g/mol. The van der Waals surface area contributed by atoms with Crippen LogP contribution in [0.4, 0.5) is 0 Å². The van der Waals surface area contributed by atoms with Gasteiger partial charge in [0.25, 0.3) is 0 Å². The second-order valence-corrected chi connectivity index (χ2v) is 4.92. The maximum Gasteiger partial charge on any atom is 0.236 e. The molecule has 4 heteroatoms. The molecule has 1 aromatic heterocycles. The fourth-order valence-electron chi connectivity index (χ4n) is 1.32. The molecule has 0 bridgehead atoms. The van der Waals surface area contributed by atoms with Crippen LogP contribution in [0.1, 0.15) is 30.7 Å². The zero-order valence-electron chi connectivity index (χ0n) is 10.2. The summed E-state index contributed by atoms with van der Waals surface area (Å²) in [7, 11) is 0. The Morgan fingerprint density at radius 3 is 2.88 bits per heavy atom. The van der Waals surface area contributed by atoms with Crippen molar-refractivity contribution in [2.45, 2.75) is 39.8 Å². The van der Waals surface area contributed by atoms with Crippen LogP contribution in [0.2, 0.25) is 0 Å². The first-order chi connectivity index (χ1) is 7.65. The van der Waals surface area contributed by atoms with Gasteiger partial charge in [0.05, 0.1) is 6.04 Å². The van der Waals surface area contributed by atoms with E-state index in [0.717, 1.165) is 19.5 Å². The summed E-state index contributed by atoms with van der Waals surface area (Å²) in [5.41, 5.74) is 1.29. The molecule has 1 aromatic rings. The SMILES string of the molecule is CCCNC(=O)C(C)NCc1sccc1C. The van der Waals surface area contributed by atoms with E-state index in [-0.39, 0.29) is 11.9 Å². The predicted octanol–water partition coefficient (Wildman–Crippen LogP) is 2.06. The summed E-state index contributed by atoms with van der Waals surface area (Å²) in [6, 6.07) is 1.97. The molecule has 1 amide bonds. The molecule has 16 heavy (non-hydrogen) atoms. The van der Waals surface area contributed by atoms with Crippen LogP contribution in [-0.4, -0.2) is 18.5 Å². The molecule has 3 nitrogen and oxygen atoms in total. The van der Waals surface area contributed by atoms with Crippen molar-refractivity contribution in [3.05, 3.63) is 21.9 Å². The van der Waals surface area contributed by atoms with Gasteiger partial charge in [-0.05, 0) is 37.3 Å². The summed E-state index contributed by atoms with van der Waals surface area (Å²) in [5.74, 6) is 0.0797. The largest absolute Gasteiger partial charge is 0.355 e. The second-order valence-electron chi connectivity index (χ2n) is 3.92. The van der Waals surface area contributed by atoms with Gasteiger partial charge < -0.3 is 10.6 Å². The zero-order valence-corrected chi connectivity index (χ0v) is 11.0. The minimum absolute atomic E-state index is 0.0797. The number of hydrogen-bond acceptors (Lipinski definition) is 3. The van der Waals surface area contributed by atoms with Crippen LogP contribution in [0, 0.1) is 6.92 Å². The molecule has 1 unspecified atom stereocenters. The van der Waals surface area contributed by atoms with Crippen molar-refractivity contribution in [2.24, 2.45) is 0 Å². The molecular weight excluding hydrogens is 220 g/mol. The van der Waals surface area contributed by atoms with E-state index in [0.29, 0.717) is 0 Å². The van der Waals surface area contributed by atoms with Crippen molar-refractivity contribution in [3.8, 4) is 0 Å². The highest BCUT2D eigenvalue weighted by Crippen LogP contribution is 2.14. The van der Waals surface area contributed by atoms with Gasteiger partial charge in [0.15, 0.2) is 0 Å². The van der Waals surface area contributed by atoms with Crippen LogP contribution >= 0.6 is 11.3 Å². The average Bonchev–Trinajstić information content (AvgIpc) is 2.68. The molecule has 0 aliphatic rings. The molecular formula is C12H20N2OS. The third-order valence-electron chi connectivity index (χ3n) is 2.48. The van der Waals surface area contributed by atoms with Crippen LogP contribution in [0.25, 0.3) is 0 Å². The van der Waals surface area contributed by atoms with Gasteiger partial charge in [-0.3, -0.25) is 4.79 Å². The van der Waals surface area contributed by atoms with Gasteiger partial charge in [0.1, 0.15) is 0 Å². The third-order valence-corrected chi connectivity index (χ3v) is 3.50. The smallest absolute Gasteiger partial charge is 0.236 e. The topological polar surface area (TPSA) is 41.1 Å². The van der Waals surface area contributed by atoms with E-state index >= 15 is 0 Å². The summed E-state index contributed by atoms with van der Waals surface area (Å²) in [6.45, 7) is 7.56. The van der Waals surface area contributed by atoms with E-state index < -0.39 is 0 Å². The third kappa shape index (κ3) is 3.94. The van der Waals surface area contributed by atoms with Crippen molar-refractivity contribution in [2.75, 3.05) is 6.54 Å². The van der Waals surface area contributed by atoms with Crippen LogP contribution in [0.5, 0.6) is 0 Å². The fourth-order valence-corrected chi connectivity index (χ4v) is 2.18. The number of amides is 1. The van der Waals surface area contributed by atoms with Gasteiger partial charge in [-0.15, -0.1) is 11.3 Å². The maximum atomic E-state index is 11.6. The minimum Gasteiger partial charge on any atom is -0.355 e. The molecule has 0 saturated heterocycles. The number of rotatable bonds is 6. The van der Waals surface area contributed by atoms with E-state index in [4.69, 9.17) is 0 Å². The maximum absolute atomic E-state index is 11.6. The van der Waals surface area contributed by atoms with Gasteiger partial charge in [-0.1, -0.05) is 6.92 Å². The van der Waals surface area contributed by atoms with E-state index in [1.807, 2.05) is 13.8 Å². The van der Waals surface area contributed by atoms with Crippen molar-refractivity contribution >= 4 is 17.2 Å². The van der Waals surface area contributed by atoms with E-state index in [1.165, 1.54) is 10.4 Å². The van der Waals surface area contributed by atoms with Crippen LogP contribution < -0.4 is 10.6 Å². The Kier molecular flexibility index (Phi) is 5.49. The van der Waals surface area contributed by atoms with Crippen molar-refractivity contribution in [1.82, 2.24) is 10.6 Å². The summed E-state index contributed by atoms with van der Waals surface area (Å²) < 4.78 is 0. The molecule has 90 valence electrons. The number of nitrogens with one attached hydrogen (secondary N) is 2. The standard InChI is InChI=1S/C12H20N2OS/c1-4-6-13-12(15)10(3)14-8-11-9(2)5-7-16-11/h5,7,10,14H,4,6,8H2,1-3H3,(H,13,15). The first kappa shape index (κ1) is 13.2. The number of carbonyl (C=O) groups is 1. The van der Waals surface area contributed by atoms with Crippen LogP contribution in [0.15, 0.2) is 11.4 Å². The van der Waals surface area contributed by atoms with Crippen LogP contribution in [-0.2, 0) is 11.3 Å². The summed E-state index contributed by atoms with van der Waals surface area (Å²) in [6.07, 6.45) is 0.975. The molecule has 1 atom stereocenters. The molecule has 0 radical (unpaired) electrons. The second kappa shape index (κ2) is 6.66. The summed E-state index contributed by atoms with van der Waals surface area (Å²) >= 11 is 1.73. The predicted molar refractivity (Wildman–Crippen MR) is 68.7 cm³/mol. The lowest BCUT2D eigenvalue weighted by Crippen LogP contribution is -2.42. The first-order valence-electron chi connectivity index (χ1n) is 5.69. The quantitative estimate of drug-likeness (QED) is 0.799. The highest BCUT2D eigenvalue weighted by Gasteiger charge is 2.11. The lowest BCUT2D eigenvalue weighted by Gasteiger charge is -2.13. The van der Waals surface area contributed by atoms with Crippen molar-refractivity contribution < 1.29 is 4.79 Å². The molecule has 0 aromatic carbocycles. The summed E-state index contributed by atoms with van der Waals surface area (Å²) in [5, 5.41) is 8.19. The molecule has 0 fully saturated rings. The van der Waals surface area contributed by atoms with Crippen molar-refractivity contribution in [1.29, 1.82) is 0 Å². The Morgan fingerprint density at radius 1 is 1.56 bits per heavy atom. The average molecular weight is 240 g/mol. The lowest BCUT2D eigenvalue weighted by atomic mass is 10.2. The Labute approximate surface area is 101 Å². The molecule has 1 rings (SSSR count). The van der Waals surface area contributed by atoms with Gasteiger partial charge in [-0.2, -0.15) is 0 Å². The van der Waals surface area contributed by atoms with Gasteiger partial charge in [-0.25, -0.2) is 0 Å².